The minimum Gasteiger partial charge on any atom is -0.261 e. The second-order valence-electron chi connectivity index (χ2n) is 4.43. The van der Waals surface area contributed by atoms with E-state index >= 15 is 0 Å². The molecular weight excluding hydrogens is 250 g/mol. The summed E-state index contributed by atoms with van der Waals surface area (Å²) < 4.78 is 0. The highest BCUT2D eigenvalue weighted by Gasteiger charge is 1.98. The molecule has 0 atom stereocenters. The number of aromatic nitrogens is 1. The van der Waals surface area contributed by atoms with E-state index in [0.29, 0.717) is 0 Å². The second kappa shape index (κ2) is 5.89. The van der Waals surface area contributed by atoms with E-state index in [2.05, 4.69) is 53.5 Å². The summed E-state index contributed by atoms with van der Waals surface area (Å²) in [5.74, 6) is 1.06. The predicted octanol–water partition coefficient (Wildman–Crippen LogP) is 4.57. The summed E-state index contributed by atoms with van der Waals surface area (Å²) in [6.07, 6.45) is 2.87. The van der Waals surface area contributed by atoms with Crippen LogP contribution in [0.25, 0.3) is 10.8 Å². The summed E-state index contributed by atoms with van der Waals surface area (Å²) in [6.45, 7) is 0. The quantitative estimate of drug-likeness (QED) is 0.641. The Morgan fingerprint density at radius 3 is 2.53 bits per heavy atom. The van der Waals surface area contributed by atoms with Gasteiger partial charge in [-0.1, -0.05) is 36.4 Å². The van der Waals surface area contributed by atoms with Crippen LogP contribution in [-0.4, -0.2) is 10.7 Å². The first kappa shape index (κ1) is 12.2. The van der Waals surface area contributed by atoms with Gasteiger partial charge in [-0.25, -0.2) is 0 Å². The molecule has 2 aromatic carbocycles. The molecule has 3 rings (SSSR count). The minimum atomic E-state index is 1.01. The number of benzene rings is 2. The van der Waals surface area contributed by atoms with Crippen LogP contribution in [0.2, 0.25) is 0 Å². The number of aryl methyl sites for hydroxylation is 1. The van der Waals surface area contributed by atoms with Crippen LogP contribution in [0, 0.1) is 0 Å². The highest BCUT2D eigenvalue weighted by atomic mass is 32.2. The molecule has 0 aliphatic carbocycles. The fourth-order valence-electron chi connectivity index (χ4n) is 2.08. The molecule has 0 unspecified atom stereocenters. The fourth-order valence-corrected chi connectivity index (χ4v) is 3.00. The van der Waals surface area contributed by atoms with Crippen LogP contribution in [0.5, 0.6) is 0 Å². The normalized spacial score (nSPS) is 10.7. The molecule has 2 heteroatoms. The Hall–Kier alpha value is -1.80. The number of hydrogen-bond acceptors (Lipinski definition) is 2. The van der Waals surface area contributed by atoms with Crippen LogP contribution in [0.15, 0.2) is 71.8 Å². The lowest BCUT2D eigenvalue weighted by atomic mass is 10.1. The first-order valence-corrected chi connectivity index (χ1v) is 7.42. The van der Waals surface area contributed by atoms with E-state index in [4.69, 9.17) is 0 Å². The first-order valence-electron chi connectivity index (χ1n) is 6.43. The summed E-state index contributed by atoms with van der Waals surface area (Å²) in [7, 11) is 0. The molecule has 0 aliphatic rings. The Morgan fingerprint density at radius 2 is 1.68 bits per heavy atom. The van der Waals surface area contributed by atoms with Crippen LogP contribution < -0.4 is 0 Å². The van der Waals surface area contributed by atoms with Gasteiger partial charge in [0, 0.05) is 22.5 Å². The van der Waals surface area contributed by atoms with Gasteiger partial charge in [0.25, 0.3) is 0 Å². The van der Waals surface area contributed by atoms with Gasteiger partial charge in [0.1, 0.15) is 0 Å². The molecule has 0 radical (unpaired) electrons. The predicted molar refractivity (Wildman–Crippen MR) is 82.6 cm³/mol. The third-order valence-corrected chi connectivity index (χ3v) is 4.07. The van der Waals surface area contributed by atoms with E-state index in [9.17, 15) is 0 Å². The van der Waals surface area contributed by atoms with Crippen LogP contribution in [0.1, 0.15) is 5.69 Å². The maximum atomic E-state index is 4.35. The topological polar surface area (TPSA) is 12.9 Å². The molecule has 19 heavy (non-hydrogen) atoms. The van der Waals surface area contributed by atoms with Gasteiger partial charge in [-0.05, 0) is 41.5 Å². The summed E-state index contributed by atoms with van der Waals surface area (Å²) in [5.41, 5.74) is 1.16. The van der Waals surface area contributed by atoms with E-state index in [1.165, 1.54) is 15.7 Å². The zero-order valence-corrected chi connectivity index (χ0v) is 11.4. The lowest BCUT2D eigenvalue weighted by molar-refractivity contribution is 1.05. The average Bonchev–Trinajstić information content (AvgIpc) is 2.48. The molecule has 0 bridgehead atoms. The van der Waals surface area contributed by atoms with Crippen molar-refractivity contribution in [3.05, 3.63) is 72.6 Å². The van der Waals surface area contributed by atoms with Crippen molar-refractivity contribution in [3.8, 4) is 0 Å². The molecule has 0 fully saturated rings. The molecule has 1 heterocycles. The standard InChI is InChI=1S/C17H15NS/c1-2-6-15-13-17(9-8-14(15)5-1)19-12-10-16-7-3-4-11-18-16/h1-9,11,13H,10,12H2. The van der Waals surface area contributed by atoms with Crippen LogP contribution in [0.3, 0.4) is 0 Å². The van der Waals surface area contributed by atoms with Crippen molar-refractivity contribution in [2.45, 2.75) is 11.3 Å². The minimum absolute atomic E-state index is 1.01. The molecule has 0 N–H and O–H groups in total. The van der Waals surface area contributed by atoms with Crippen molar-refractivity contribution >= 4 is 22.5 Å². The van der Waals surface area contributed by atoms with Gasteiger partial charge < -0.3 is 0 Å². The summed E-state index contributed by atoms with van der Waals surface area (Å²) in [4.78, 5) is 5.67. The van der Waals surface area contributed by atoms with Gasteiger partial charge in [0.15, 0.2) is 0 Å². The highest BCUT2D eigenvalue weighted by molar-refractivity contribution is 7.99. The van der Waals surface area contributed by atoms with Crippen LogP contribution >= 0.6 is 11.8 Å². The maximum absolute atomic E-state index is 4.35. The third-order valence-electron chi connectivity index (χ3n) is 3.07. The monoisotopic (exact) mass is 265 g/mol. The number of rotatable bonds is 4. The Balaban J connectivity index is 1.65. The summed E-state index contributed by atoms with van der Waals surface area (Å²) in [5, 5.41) is 2.61. The number of thioether (sulfide) groups is 1. The average molecular weight is 265 g/mol. The number of hydrogen-bond donors (Lipinski definition) is 0. The third kappa shape index (κ3) is 3.15. The van der Waals surface area contributed by atoms with Gasteiger partial charge in [-0.2, -0.15) is 0 Å². The molecule has 0 amide bonds. The molecule has 1 aromatic heterocycles. The van der Waals surface area contributed by atoms with Crippen molar-refractivity contribution in [1.82, 2.24) is 4.98 Å². The van der Waals surface area contributed by atoms with Gasteiger partial charge in [0.2, 0.25) is 0 Å². The molecule has 0 saturated heterocycles. The van der Waals surface area contributed by atoms with Crippen molar-refractivity contribution in [1.29, 1.82) is 0 Å². The molecule has 3 aromatic rings. The zero-order chi connectivity index (χ0) is 12.9. The Kier molecular flexibility index (Phi) is 3.80. The molecule has 0 saturated carbocycles. The lowest BCUT2D eigenvalue weighted by Gasteiger charge is -2.03. The molecule has 0 spiro atoms. The van der Waals surface area contributed by atoms with E-state index < -0.39 is 0 Å². The van der Waals surface area contributed by atoms with E-state index in [0.717, 1.165) is 17.9 Å². The van der Waals surface area contributed by atoms with Gasteiger partial charge in [0.05, 0.1) is 0 Å². The Labute approximate surface area is 117 Å². The van der Waals surface area contributed by atoms with Gasteiger partial charge >= 0.3 is 0 Å². The first-order chi connectivity index (χ1) is 9.42. The van der Waals surface area contributed by atoms with Crippen molar-refractivity contribution in [3.63, 3.8) is 0 Å². The summed E-state index contributed by atoms with van der Waals surface area (Å²) in [6, 6.07) is 21.2. The second-order valence-corrected chi connectivity index (χ2v) is 5.60. The molecular formula is C17H15NS. The van der Waals surface area contributed by atoms with Crippen LogP contribution in [0.4, 0.5) is 0 Å². The van der Waals surface area contributed by atoms with E-state index in [-0.39, 0.29) is 0 Å². The van der Waals surface area contributed by atoms with Gasteiger partial charge in [-0.3, -0.25) is 4.98 Å². The highest BCUT2D eigenvalue weighted by Crippen LogP contribution is 2.24. The van der Waals surface area contributed by atoms with Gasteiger partial charge in [-0.15, -0.1) is 11.8 Å². The van der Waals surface area contributed by atoms with Crippen LogP contribution in [-0.2, 0) is 6.42 Å². The maximum Gasteiger partial charge on any atom is 0.0411 e. The Morgan fingerprint density at radius 1 is 0.842 bits per heavy atom. The largest absolute Gasteiger partial charge is 0.261 e. The molecule has 94 valence electrons. The number of fused-ring (bicyclic) bond motifs is 1. The fraction of sp³-hybridized carbons (Fsp3) is 0.118. The van der Waals surface area contributed by atoms with E-state index in [1.54, 1.807) is 0 Å². The molecule has 0 aliphatic heterocycles. The van der Waals surface area contributed by atoms with Crippen molar-refractivity contribution in [2.75, 3.05) is 5.75 Å². The summed E-state index contributed by atoms with van der Waals surface area (Å²) >= 11 is 1.89. The Bertz CT molecular complexity index is 664. The van der Waals surface area contributed by atoms with E-state index in [1.807, 2.05) is 30.1 Å². The lowest BCUT2D eigenvalue weighted by Crippen LogP contribution is -1.91. The van der Waals surface area contributed by atoms with Crippen molar-refractivity contribution in [2.24, 2.45) is 0 Å². The smallest absolute Gasteiger partial charge is 0.0411 e. The SMILES string of the molecule is c1ccc(CCSc2ccc3ccccc3c2)nc1. The van der Waals surface area contributed by atoms with Crippen molar-refractivity contribution < 1.29 is 0 Å². The molecule has 1 nitrogen and oxygen atoms in total. The number of pyridine rings is 1. The number of nitrogens with zero attached hydrogens (tertiary/aromatic N) is 1. The zero-order valence-electron chi connectivity index (χ0n) is 10.6.